The van der Waals surface area contributed by atoms with Crippen LogP contribution in [0.2, 0.25) is 0 Å². The Kier molecular flexibility index (Phi) is 6.30. The highest BCUT2D eigenvalue weighted by molar-refractivity contribution is 7.98. The molecule has 0 bridgehead atoms. The fourth-order valence-corrected chi connectivity index (χ4v) is 4.38. The molecule has 0 unspecified atom stereocenters. The quantitative estimate of drug-likeness (QED) is 0.316. The summed E-state index contributed by atoms with van der Waals surface area (Å²) >= 11 is 2.82. The Morgan fingerprint density at radius 2 is 1.12 bits per heavy atom. The second-order valence-electron chi connectivity index (χ2n) is 7.60. The van der Waals surface area contributed by atoms with Gasteiger partial charge in [0.2, 0.25) is 0 Å². The number of hydrogen-bond donors (Lipinski definition) is 2. The summed E-state index contributed by atoms with van der Waals surface area (Å²) in [5.41, 5.74) is 3.41. The predicted octanol–water partition coefficient (Wildman–Crippen LogP) is 2.49. The molecule has 10 nitrogen and oxygen atoms in total. The number of rotatable bonds is 6. The number of aryl methyl sites for hydroxylation is 4. The minimum atomic E-state index is -0.244. The van der Waals surface area contributed by atoms with Crippen LogP contribution in [0.1, 0.15) is 33.9 Å². The number of hydrogen-bond acceptors (Lipinski definition) is 8. The van der Waals surface area contributed by atoms with E-state index >= 15 is 0 Å². The smallest absolute Gasteiger partial charge is 0.276 e. The zero-order valence-electron chi connectivity index (χ0n) is 19.2. The normalized spacial score (nSPS) is 11.3. The minimum Gasteiger partial charge on any atom is -0.294 e. The number of nitrogens with zero attached hydrogens (tertiary/aromatic N) is 6. The lowest BCUT2D eigenvalue weighted by atomic mass is 10.1. The van der Waals surface area contributed by atoms with Crippen LogP contribution in [0.25, 0.3) is 11.6 Å². The van der Waals surface area contributed by atoms with Gasteiger partial charge >= 0.3 is 0 Å². The minimum absolute atomic E-state index is 0.182. The second kappa shape index (κ2) is 9.02. The van der Waals surface area contributed by atoms with Crippen LogP contribution in [0.5, 0.6) is 0 Å². The standard InChI is InChI=1S/C21H24N8O2S2/c1-10-7-16(24-20(22-10)32-5)28-18(30)14(12(3)26-28)9-15-13(4)27-29(19(15)31)17-8-11(2)23-21(25-17)33-6/h7-8,26-27H,9H2,1-6H3. The first-order valence-electron chi connectivity index (χ1n) is 10.1. The lowest BCUT2D eigenvalue weighted by Crippen LogP contribution is -2.22. The van der Waals surface area contributed by atoms with Crippen LogP contribution in [0.4, 0.5) is 0 Å². The molecule has 0 spiro atoms. The van der Waals surface area contributed by atoms with Gasteiger partial charge in [-0.1, -0.05) is 23.5 Å². The molecule has 0 saturated heterocycles. The van der Waals surface area contributed by atoms with Gasteiger partial charge in [0.15, 0.2) is 21.9 Å². The van der Waals surface area contributed by atoms with Gasteiger partial charge in [0.05, 0.1) is 0 Å². The fourth-order valence-electron chi connectivity index (χ4n) is 3.54. The number of thioether (sulfide) groups is 2. The van der Waals surface area contributed by atoms with Crippen molar-refractivity contribution >= 4 is 23.5 Å². The molecule has 4 heterocycles. The molecule has 12 heteroatoms. The van der Waals surface area contributed by atoms with Crippen LogP contribution in [-0.4, -0.2) is 52.0 Å². The molecule has 0 aliphatic heterocycles. The Labute approximate surface area is 198 Å². The summed E-state index contributed by atoms with van der Waals surface area (Å²) < 4.78 is 2.80. The molecule has 4 rings (SSSR count). The highest BCUT2D eigenvalue weighted by Gasteiger charge is 2.20. The van der Waals surface area contributed by atoms with Crippen LogP contribution < -0.4 is 11.1 Å². The third-order valence-corrected chi connectivity index (χ3v) is 6.30. The molecular formula is C21H24N8O2S2. The van der Waals surface area contributed by atoms with Crippen LogP contribution in [0, 0.1) is 27.7 Å². The van der Waals surface area contributed by atoms with E-state index in [1.54, 1.807) is 12.1 Å². The Morgan fingerprint density at radius 3 is 1.48 bits per heavy atom. The van der Waals surface area contributed by atoms with E-state index in [-0.39, 0.29) is 17.5 Å². The van der Waals surface area contributed by atoms with Crippen molar-refractivity contribution < 1.29 is 0 Å². The monoisotopic (exact) mass is 484 g/mol. The molecule has 0 aliphatic rings. The molecule has 172 valence electrons. The topological polar surface area (TPSA) is 127 Å². The second-order valence-corrected chi connectivity index (χ2v) is 9.14. The Balaban J connectivity index is 1.76. The number of H-pyrrole nitrogens is 2. The van der Waals surface area contributed by atoms with Crippen LogP contribution >= 0.6 is 23.5 Å². The lowest BCUT2D eigenvalue weighted by Gasteiger charge is -2.04. The number of nitrogens with one attached hydrogen (secondary N) is 2. The number of aromatic nitrogens is 8. The summed E-state index contributed by atoms with van der Waals surface area (Å²) in [4.78, 5) is 44.1. The summed E-state index contributed by atoms with van der Waals surface area (Å²) in [5, 5.41) is 7.35. The van der Waals surface area contributed by atoms with Crippen molar-refractivity contribution in [3.05, 3.63) is 66.7 Å². The van der Waals surface area contributed by atoms with Gasteiger partial charge < -0.3 is 0 Å². The van der Waals surface area contributed by atoms with Gasteiger partial charge in [-0.25, -0.2) is 29.3 Å². The highest BCUT2D eigenvalue weighted by atomic mass is 32.2. The van der Waals surface area contributed by atoms with Gasteiger partial charge in [0, 0.05) is 52.5 Å². The lowest BCUT2D eigenvalue weighted by molar-refractivity contribution is 0.770. The molecular weight excluding hydrogens is 460 g/mol. The summed E-state index contributed by atoms with van der Waals surface area (Å²) in [6.45, 7) is 7.34. The first-order valence-corrected chi connectivity index (χ1v) is 12.6. The zero-order chi connectivity index (χ0) is 23.9. The maximum Gasteiger partial charge on any atom is 0.276 e. The van der Waals surface area contributed by atoms with E-state index in [4.69, 9.17) is 0 Å². The Hall–Kier alpha value is -3.12. The average molecular weight is 485 g/mol. The van der Waals surface area contributed by atoms with E-state index in [1.165, 1.54) is 32.9 Å². The molecule has 0 fully saturated rings. The first kappa shape index (κ1) is 23.1. The summed E-state index contributed by atoms with van der Waals surface area (Å²) in [5.74, 6) is 0.936. The Morgan fingerprint density at radius 1 is 0.727 bits per heavy atom. The summed E-state index contributed by atoms with van der Waals surface area (Å²) in [6, 6.07) is 3.49. The molecule has 4 aromatic heterocycles. The van der Waals surface area contributed by atoms with Crippen LogP contribution in [0.3, 0.4) is 0 Å². The SMILES string of the molecule is CSc1nc(C)cc(-n2[nH]c(C)c(Cc3c(C)[nH]n(-c4cc(C)nc(SC)n4)c3=O)c2=O)n1. The molecule has 0 aromatic carbocycles. The molecule has 0 atom stereocenters. The number of aromatic amines is 2. The van der Waals surface area contributed by atoms with E-state index < -0.39 is 0 Å². The van der Waals surface area contributed by atoms with E-state index in [2.05, 4.69) is 30.1 Å². The van der Waals surface area contributed by atoms with E-state index in [0.29, 0.717) is 44.5 Å². The zero-order valence-corrected chi connectivity index (χ0v) is 20.8. The van der Waals surface area contributed by atoms with Crippen molar-refractivity contribution in [3.8, 4) is 11.6 Å². The van der Waals surface area contributed by atoms with Gasteiger partial charge in [0.1, 0.15) is 0 Å². The fraction of sp³-hybridized carbons (Fsp3) is 0.333. The van der Waals surface area contributed by atoms with Gasteiger partial charge in [-0.3, -0.25) is 19.8 Å². The van der Waals surface area contributed by atoms with E-state index in [1.807, 2.05) is 40.2 Å². The molecule has 0 aliphatic carbocycles. The predicted molar refractivity (Wildman–Crippen MR) is 129 cm³/mol. The van der Waals surface area contributed by atoms with Crippen molar-refractivity contribution in [3.63, 3.8) is 0 Å². The van der Waals surface area contributed by atoms with Crippen LogP contribution in [-0.2, 0) is 6.42 Å². The van der Waals surface area contributed by atoms with Gasteiger partial charge in [-0.05, 0) is 40.2 Å². The maximum atomic E-state index is 13.3. The first-order chi connectivity index (χ1) is 15.7. The largest absolute Gasteiger partial charge is 0.294 e. The molecule has 2 N–H and O–H groups in total. The third-order valence-electron chi connectivity index (χ3n) is 5.20. The van der Waals surface area contributed by atoms with Gasteiger partial charge in [0.25, 0.3) is 11.1 Å². The third kappa shape index (κ3) is 4.40. The molecule has 0 saturated carbocycles. The summed E-state index contributed by atoms with van der Waals surface area (Å²) in [6.07, 6.45) is 3.95. The maximum absolute atomic E-state index is 13.3. The summed E-state index contributed by atoms with van der Waals surface area (Å²) in [7, 11) is 0. The molecule has 33 heavy (non-hydrogen) atoms. The Bertz CT molecular complexity index is 1350. The van der Waals surface area contributed by atoms with E-state index in [9.17, 15) is 9.59 Å². The average Bonchev–Trinajstić information content (AvgIpc) is 3.23. The van der Waals surface area contributed by atoms with Crippen molar-refractivity contribution in [2.45, 2.75) is 44.4 Å². The van der Waals surface area contributed by atoms with Gasteiger partial charge in [-0.15, -0.1) is 0 Å². The highest BCUT2D eigenvalue weighted by Crippen LogP contribution is 2.16. The van der Waals surface area contributed by atoms with E-state index in [0.717, 1.165) is 11.4 Å². The van der Waals surface area contributed by atoms with Crippen molar-refractivity contribution in [1.82, 2.24) is 39.5 Å². The molecule has 4 aromatic rings. The molecule has 0 radical (unpaired) electrons. The molecule has 0 amide bonds. The van der Waals surface area contributed by atoms with Crippen LogP contribution in [0.15, 0.2) is 32.0 Å². The van der Waals surface area contributed by atoms with Gasteiger partial charge in [-0.2, -0.15) is 0 Å². The van der Waals surface area contributed by atoms with Crippen molar-refractivity contribution in [1.29, 1.82) is 0 Å². The van der Waals surface area contributed by atoms with Crippen molar-refractivity contribution in [2.24, 2.45) is 0 Å². The van der Waals surface area contributed by atoms with Crippen molar-refractivity contribution in [2.75, 3.05) is 12.5 Å².